The lowest BCUT2D eigenvalue weighted by Gasteiger charge is -2.54. The molecule has 4 nitrogen and oxygen atoms in total. The summed E-state index contributed by atoms with van der Waals surface area (Å²) in [4.78, 5) is 29.4. The number of ketones is 1. The molecule has 5 atom stereocenters. The molecule has 4 heteroatoms. The molecule has 2 bridgehead atoms. The average molecular weight is 518 g/mol. The number of aldehydes is 1. The van der Waals surface area contributed by atoms with Gasteiger partial charge in [-0.1, -0.05) is 114 Å². The summed E-state index contributed by atoms with van der Waals surface area (Å²) < 4.78 is 6.90. The number of rotatable bonds is 15. The van der Waals surface area contributed by atoms with Gasteiger partial charge in [0.05, 0.1) is 6.10 Å². The molecular weight excluding hydrogens is 458 g/mol. The highest BCUT2D eigenvalue weighted by atomic mass is 16.5. The molecule has 1 aliphatic heterocycles. The van der Waals surface area contributed by atoms with Crippen molar-refractivity contribution in [1.29, 1.82) is 0 Å². The van der Waals surface area contributed by atoms with Crippen LogP contribution >= 0.6 is 0 Å². The minimum absolute atomic E-state index is 0.0386. The molecule has 0 aromatic rings. The van der Waals surface area contributed by atoms with Crippen LogP contribution in [0.5, 0.6) is 0 Å². The summed E-state index contributed by atoms with van der Waals surface area (Å²) in [6, 6.07) is 0. The van der Waals surface area contributed by atoms with Crippen LogP contribution in [0, 0.1) is 33.5 Å². The third-order valence-electron chi connectivity index (χ3n) is 10.5. The van der Waals surface area contributed by atoms with E-state index in [0.29, 0.717) is 18.9 Å². The first kappa shape index (κ1) is 32.1. The van der Waals surface area contributed by atoms with Crippen LogP contribution in [0.25, 0.3) is 0 Å². The van der Waals surface area contributed by atoms with Crippen LogP contribution < -0.4 is 0 Å². The minimum atomic E-state index is -0.845. The molecule has 214 valence electrons. The largest absolute Gasteiger partial charge is 0.374 e. The van der Waals surface area contributed by atoms with Crippen LogP contribution in [0.15, 0.2) is 12.3 Å². The van der Waals surface area contributed by atoms with Crippen LogP contribution in [-0.2, 0) is 14.3 Å². The smallest absolute Gasteiger partial charge is 0.164 e. The van der Waals surface area contributed by atoms with Crippen LogP contribution in [0.1, 0.15) is 127 Å². The first-order chi connectivity index (χ1) is 17.1. The van der Waals surface area contributed by atoms with Gasteiger partial charge in [0.25, 0.3) is 0 Å². The number of nitrogens with zero attached hydrogens (tertiary/aromatic N) is 1. The second kappa shape index (κ2) is 11.9. The van der Waals surface area contributed by atoms with Crippen molar-refractivity contribution < 1.29 is 14.3 Å². The summed E-state index contributed by atoms with van der Waals surface area (Å²) in [6.07, 6.45) is 15.2. The zero-order valence-corrected chi connectivity index (χ0v) is 26.2. The molecule has 1 fully saturated rings. The van der Waals surface area contributed by atoms with Crippen LogP contribution in [-0.4, -0.2) is 42.3 Å². The molecule has 0 aromatic carbocycles. The van der Waals surface area contributed by atoms with Crippen molar-refractivity contribution >= 4 is 12.1 Å². The van der Waals surface area contributed by atoms with Crippen LogP contribution in [0.2, 0.25) is 0 Å². The summed E-state index contributed by atoms with van der Waals surface area (Å²) in [6.45, 7) is 22.6. The Balaban J connectivity index is 2.47. The Morgan fingerprint density at radius 1 is 1.00 bits per heavy atom. The van der Waals surface area contributed by atoms with E-state index in [1.807, 2.05) is 7.05 Å². The van der Waals surface area contributed by atoms with Gasteiger partial charge in [-0.3, -0.25) is 4.79 Å². The molecule has 0 saturated heterocycles. The summed E-state index contributed by atoms with van der Waals surface area (Å²) in [5.74, 6) is 0.371. The third kappa shape index (κ3) is 6.04. The number of carbonyl (C=O) groups is 2. The van der Waals surface area contributed by atoms with E-state index >= 15 is 0 Å². The van der Waals surface area contributed by atoms with Crippen molar-refractivity contribution in [3.8, 4) is 0 Å². The Bertz CT molecular complexity index is 809. The number of fused-ring (bicyclic) bond motifs is 2. The van der Waals surface area contributed by atoms with Gasteiger partial charge in [-0.2, -0.15) is 0 Å². The van der Waals surface area contributed by atoms with E-state index in [1.165, 1.54) is 32.1 Å². The first-order valence-electron chi connectivity index (χ1n) is 15.1. The van der Waals surface area contributed by atoms with Crippen LogP contribution in [0.3, 0.4) is 0 Å². The summed E-state index contributed by atoms with van der Waals surface area (Å²) in [7, 11) is 2.02. The lowest BCUT2D eigenvalue weighted by atomic mass is 9.56. The van der Waals surface area contributed by atoms with Crippen molar-refractivity contribution in [2.24, 2.45) is 33.5 Å². The number of hydrogen-bond acceptors (Lipinski definition) is 4. The normalized spacial score (nSPS) is 29.7. The number of unbranched alkanes of at least 4 members (excludes halogenated alkanes) is 6. The minimum Gasteiger partial charge on any atom is -0.374 e. The van der Waals surface area contributed by atoms with E-state index in [2.05, 4.69) is 86.4 Å². The SMILES string of the molecule is CCCCCCCCCOC1C2(CC(C)(C)C)C=CN(C)C1(CC(C)(C=O)C(C)(C)C(C)C)C(=O)C2C. The van der Waals surface area contributed by atoms with E-state index in [1.54, 1.807) is 0 Å². The van der Waals surface area contributed by atoms with Crippen molar-refractivity contribution in [2.75, 3.05) is 13.7 Å². The second-order valence-electron chi connectivity index (χ2n) is 14.7. The van der Waals surface area contributed by atoms with E-state index in [-0.39, 0.29) is 34.1 Å². The van der Waals surface area contributed by atoms with Gasteiger partial charge in [0.1, 0.15) is 11.8 Å². The summed E-state index contributed by atoms with van der Waals surface area (Å²) in [5.41, 5.74) is -2.12. The Hall–Kier alpha value is -1.16. The Morgan fingerprint density at radius 2 is 1.57 bits per heavy atom. The predicted molar refractivity (Wildman–Crippen MR) is 155 cm³/mol. The topological polar surface area (TPSA) is 46.6 Å². The Morgan fingerprint density at radius 3 is 2.08 bits per heavy atom. The number of Topliss-reactive ketones (excluding diaryl/α,β-unsaturated/α-hetero) is 1. The quantitative estimate of drug-likeness (QED) is 0.162. The molecule has 0 amide bonds. The number of likely N-dealkylation sites (N-methyl/N-ethyl adjacent to an activating group) is 1. The second-order valence-corrected chi connectivity index (χ2v) is 14.7. The molecule has 37 heavy (non-hydrogen) atoms. The molecule has 1 heterocycles. The van der Waals surface area contributed by atoms with Gasteiger partial charge < -0.3 is 14.4 Å². The molecular formula is C33H59NO3. The summed E-state index contributed by atoms with van der Waals surface area (Å²) >= 11 is 0. The monoisotopic (exact) mass is 517 g/mol. The maximum Gasteiger partial charge on any atom is 0.164 e. The standard InChI is InChI=1S/C33H59NO3/c1-12-13-14-15-16-17-18-21-37-28-32(22-29(5,6)7)19-20-34(11)33(28,27(36)26(32)4)23-31(10,24-35)30(8,9)25(2)3/h19-20,24-26,28H,12-18,21-23H2,1-11H3. The number of carbonyl (C=O) groups excluding carboxylic acids is 2. The lowest BCUT2D eigenvalue weighted by Crippen LogP contribution is -2.63. The Kier molecular flexibility index (Phi) is 10.3. The molecule has 0 spiro atoms. The Labute approximate surface area is 229 Å². The fraction of sp³-hybridized carbons (Fsp3) is 0.879. The molecule has 5 unspecified atom stereocenters. The summed E-state index contributed by atoms with van der Waals surface area (Å²) in [5, 5.41) is 0. The number of hydrogen-bond donors (Lipinski definition) is 0. The van der Waals surface area contributed by atoms with Crippen molar-refractivity contribution in [3.63, 3.8) is 0 Å². The first-order valence-corrected chi connectivity index (χ1v) is 15.1. The van der Waals surface area contributed by atoms with Crippen LogP contribution in [0.4, 0.5) is 0 Å². The molecule has 0 aromatic heterocycles. The third-order valence-corrected chi connectivity index (χ3v) is 10.5. The van der Waals surface area contributed by atoms with Gasteiger partial charge in [0, 0.05) is 30.4 Å². The van der Waals surface area contributed by atoms with Gasteiger partial charge in [-0.15, -0.1) is 0 Å². The van der Waals surface area contributed by atoms with E-state index in [0.717, 1.165) is 25.5 Å². The molecule has 0 N–H and O–H groups in total. The van der Waals surface area contributed by atoms with Crippen molar-refractivity contribution in [3.05, 3.63) is 12.3 Å². The van der Waals surface area contributed by atoms with E-state index < -0.39 is 11.0 Å². The highest BCUT2D eigenvalue weighted by molar-refractivity contribution is 5.96. The van der Waals surface area contributed by atoms with Gasteiger partial charge >= 0.3 is 0 Å². The van der Waals surface area contributed by atoms with Crippen molar-refractivity contribution in [2.45, 2.75) is 139 Å². The van der Waals surface area contributed by atoms with Crippen molar-refractivity contribution in [1.82, 2.24) is 4.90 Å². The lowest BCUT2D eigenvalue weighted by molar-refractivity contribution is -0.149. The highest BCUT2D eigenvalue weighted by Crippen LogP contribution is 2.62. The molecule has 1 saturated carbocycles. The molecule has 1 aliphatic carbocycles. The van der Waals surface area contributed by atoms with Gasteiger partial charge in [0.15, 0.2) is 5.78 Å². The van der Waals surface area contributed by atoms with E-state index in [9.17, 15) is 9.59 Å². The fourth-order valence-electron chi connectivity index (χ4n) is 7.12. The van der Waals surface area contributed by atoms with Gasteiger partial charge in [-0.05, 0) is 42.2 Å². The molecule has 0 radical (unpaired) electrons. The zero-order chi connectivity index (χ0) is 28.3. The average Bonchev–Trinajstić information content (AvgIpc) is 2.92. The fourth-order valence-corrected chi connectivity index (χ4v) is 7.12. The number of ether oxygens (including phenoxy) is 1. The molecule has 2 aliphatic rings. The molecule has 2 rings (SSSR count). The van der Waals surface area contributed by atoms with Gasteiger partial charge in [-0.25, -0.2) is 0 Å². The predicted octanol–water partition coefficient (Wildman–Crippen LogP) is 8.24. The highest BCUT2D eigenvalue weighted by Gasteiger charge is 2.71. The maximum absolute atomic E-state index is 14.5. The maximum atomic E-state index is 14.5. The van der Waals surface area contributed by atoms with Gasteiger partial charge in [0.2, 0.25) is 0 Å². The van der Waals surface area contributed by atoms with E-state index in [4.69, 9.17) is 4.74 Å². The zero-order valence-electron chi connectivity index (χ0n) is 26.2.